The van der Waals surface area contributed by atoms with Gasteiger partial charge in [0.05, 0.1) is 18.6 Å². The van der Waals surface area contributed by atoms with Gasteiger partial charge in [0.25, 0.3) is 0 Å². The number of imidazole rings is 1. The number of ether oxygens (including phenoxy) is 1. The molecular formula is C17H19N5O5S. The number of aromatic nitrogens is 4. The Hall–Kier alpha value is -2.28. The summed E-state index contributed by atoms with van der Waals surface area (Å²) in [6.07, 6.45) is -1.29. The lowest BCUT2D eigenvalue weighted by Gasteiger charge is -2.16. The van der Waals surface area contributed by atoms with Crippen LogP contribution in [0.2, 0.25) is 0 Å². The SMILES string of the molecule is OC[C@H]1O[C@@H](n2cnc3c(SCc4ccc(NO)cc4)ncnc32)[C@H](O)[C@@H]1O. The molecule has 0 amide bonds. The second-order valence-electron chi connectivity index (χ2n) is 6.33. The lowest BCUT2D eigenvalue weighted by Crippen LogP contribution is -2.33. The molecule has 0 unspecified atom stereocenters. The first-order valence-corrected chi connectivity index (χ1v) is 9.52. The molecule has 3 aromatic rings. The Morgan fingerprint density at radius 3 is 2.57 bits per heavy atom. The third kappa shape index (κ3) is 3.43. The summed E-state index contributed by atoms with van der Waals surface area (Å²) in [5.41, 5.74) is 4.76. The average molecular weight is 405 g/mol. The van der Waals surface area contributed by atoms with Crippen LogP contribution in [0.4, 0.5) is 5.69 Å². The number of aliphatic hydroxyl groups excluding tert-OH is 3. The van der Waals surface area contributed by atoms with Gasteiger partial charge in [-0.15, -0.1) is 0 Å². The minimum absolute atomic E-state index is 0.401. The van der Waals surface area contributed by atoms with Crippen molar-refractivity contribution < 1.29 is 25.3 Å². The first-order valence-electron chi connectivity index (χ1n) is 8.54. The fourth-order valence-corrected chi connectivity index (χ4v) is 3.96. The third-order valence-electron chi connectivity index (χ3n) is 4.58. The average Bonchev–Trinajstić information content (AvgIpc) is 3.28. The first-order chi connectivity index (χ1) is 13.6. The van der Waals surface area contributed by atoms with Gasteiger partial charge in [-0.1, -0.05) is 23.9 Å². The van der Waals surface area contributed by atoms with Crippen molar-refractivity contribution in [1.82, 2.24) is 19.5 Å². The molecule has 4 rings (SSSR count). The van der Waals surface area contributed by atoms with Crippen molar-refractivity contribution in [2.45, 2.75) is 35.3 Å². The number of thioether (sulfide) groups is 1. The highest BCUT2D eigenvalue weighted by Crippen LogP contribution is 2.33. The number of hydrogen-bond acceptors (Lipinski definition) is 10. The molecule has 1 fully saturated rings. The van der Waals surface area contributed by atoms with Crippen LogP contribution >= 0.6 is 11.8 Å². The molecule has 2 aromatic heterocycles. The van der Waals surface area contributed by atoms with Crippen LogP contribution in [0.25, 0.3) is 11.2 Å². The molecule has 148 valence electrons. The highest BCUT2D eigenvalue weighted by atomic mass is 32.2. The lowest BCUT2D eigenvalue weighted by molar-refractivity contribution is -0.0511. The second-order valence-corrected chi connectivity index (χ2v) is 7.29. The van der Waals surface area contributed by atoms with Crippen molar-refractivity contribution in [3.8, 4) is 0 Å². The van der Waals surface area contributed by atoms with Gasteiger partial charge in [0, 0.05) is 5.75 Å². The summed E-state index contributed by atoms with van der Waals surface area (Å²) in [6.45, 7) is -0.401. The van der Waals surface area contributed by atoms with Gasteiger partial charge in [-0.2, -0.15) is 0 Å². The van der Waals surface area contributed by atoms with Gasteiger partial charge in [-0.3, -0.25) is 15.3 Å². The molecule has 4 atom stereocenters. The van der Waals surface area contributed by atoms with E-state index in [2.05, 4.69) is 20.4 Å². The molecule has 28 heavy (non-hydrogen) atoms. The molecule has 0 bridgehead atoms. The van der Waals surface area contributed by atoms with Gasteiger partial charge in [0.2, 0.25) is 0 Å². The van der Waals surface area contributed by atoms with Crippen LogP contribution in [0.3, 0.4) is 0 Å². The van der Waals surface area contributed by atoms with Crippen molar-refractivity contribution in [3.05, 3.63) is 42.5 Å². The highest BCUT2D eigenvalue weighted by molar-refractivity contribution is 7.98. The van der Waals surface area contributed by atoms with Crippen LogP contribution in [0, 0.1) is 0 Å². The molecule has 0 saturated carbocycles. The van der Waals surface area contributed by atoms with Crippen LogP contribution < -0.4 is 5.48 Å². The van der Waals surface area contributed by atoms with E-state index < -0.39 is 31.1 Å². The zero-order valence-electron chi connectivity index (χ0n) is 14.6. The minimum atomic E-state index is -1.21. The maximum Gasteiger partial charge on any atom is 0.166 e. The van der Waals surface area contributed by atoms with Crippen molar-refractivity contribution in [2.24, 2.45) is 0 Å². The van der Waals surface area contributed by atoms with Gasteiger partial charge >= 0.3 is 0 Å². The Morgan fingerprint density at radius 1 is 1.11 bits per heavy atom. The smallest absolute Gasteiger partial charge is 0.166 e. The quantitative estimate of drug-likeness (QED) is 0.224. The number of fused-ring (bicyclic) bond motifs is 1. The molecule has 1 aliphatic rings. The van der Waals surface area contributed by atoms with Gasteiger partial charge < -0.3 is 20.1 Å². The summed E-state index contributed by atoms with van der Waals surface area (Å²) in [7, 11) is 0. The van der Waals surface area contributed by atoms with E-state index in [0.717, 1.165) is 5.56 Å². The molecule has 0 aliphatic carbocycles. The number of aliphatic hydroxyl groups is 3. The van der Waals surface area contributed by atoms with E-state index in [0.29, 0.717) is 27.6 Å². The van der Waals surface area contributed by atoms with E-state index in [1.54, 1.807) is 12.1 Å². The predicted molar refractivity (Wildman–Crippen MR) is 99.7 cm³/mol. The van der Waals surface area contributed by atoms with E-state index in [1.807, 2.05) is 12.1 Å². The summed E-state index contributed by atoms with van der Waals surface area (Å²) in [5.74, 6) is 0.637. The number of nitrogens with one attached hydrogen (secondary N) is 1. The summed E-state index contributed by atoms with van der Waals surface area (Å²) >= 11 is 1.48. The molecule has 0 radical (unpaired) electrons. The topological polar surface area (TPSA) is 146 Å². The predicted octanol–water partition coefficient (Wildman–Crippen LogP) is 0.531. The molecule has 11 heteroatoms. The van der Waals surface area contributed by atoms with Gasteiger partial charge in [0.1, 0.15) is 35.2 Å². The van der Waals surface area contributed by atoms with Gasteiger partial charge in [0.15, 0.2) is 11.9 Å². The number of benzene rings is 1. The Labute approximate surface area is 163 Å². The van der Waals surface area contributed by atoms with E-state index in [4.69, 9.17) is 9.94 Å². The Morgan fingerprint density at radius 2 is 1.89 bits per heavy atom. The molecule has 1 aliphatic heterocycles. The van der Waals surface area contributed by atoms with Crippen LogP contribution in [-0.4, -0.2) is 65.0 Å². The summed E-state index contributed by atoms with van der Waals surface area (Å²) < 4.78 is 7.09. The summed E-state index contributed by atoms with van der Waals surface area (Å²) in [5, 5.41) is 39.0. The largest absolute Gasteiger partial charge is 0.394 e. The first kappa shape index (κ1) is 19.1. The number of hydrogen-bond donors (Lipinski definition) is 5. The normalized spacial score (nSPS) is 24.7. The Kier molecular flexibility index (Phi) is 5.44. The molecule has 5 N–H and O–H groups in total. The van der Waals surface area contributed by atoms with E-state index in [1.165, 1.54) is 29.0 Å². The van der Waals surface area contributed by atoms with Gasteiger partial charge in [-0.25, -0.2) is 15.0 Å². The maximum atomic E-state index is 10.2. The second kappa shape index (κ2) is 7.99. The van der Waals surface area contributed by atoms with Crippen molar-refractivity contribution in [1.29, 1.82) is 0 Å². The molecular weight excluding hydrogens is 386 g/mol. The van der Waals surface area contributed by atoms with Crippen LogP contribution in [0.15, 0.2) is 41.9 Å². The van der Waals surface area contributed by atoms with E-state index in [-0.39, 0.29) is 0 Å². The van der Waals surface area contributed by atoms with Crippen LogP contribution in [-0.2, 0) is 10.5 Å². The zero-order valence-corrected chi connectivity index (χ0v) is 15.4. The molecule has 10 nitrogen and oxygen atoms in total. The molecule has 3 heterocycles. The molecule has 1 aromatic carbocycles. The molecule has 1 saturated heterocycles. The van der Waals surface area contributed by atoms with E-state index in [9.17, 15) is 15.3 Å². The van der Waals surface area contributed by atoms with Crippen LogP contribution in [0.5, 0.6) is 0 Å². The fourth-order valence-electron chi connectivity index (χ4n) is 3.06. The van der Waals surface area contributed by atoms with E-state index >= 15 is 0 Å². The number of rotatable bonds is 6. The molecule has 0 spiro atoms. The zero-order chi connectivity index (χ0) is 19.7. The Bertz CT molecular complexity index is 953. The monoisotopic (exact) mass is 405 g/mol. The highest BCUT2D eigenvalue weighted by Gasteiger charge is 2.44. The Balaban J connectivity index is 1.56. The standard InChI is InChI=1S/C17H19N5O5S/c23-5-11-13(24)14(25)17(27-11)22-8-20-12-15(22)18-7-19-16(12)28-6-9-1-3-10(21-26)4-2-9/h1-4,7-8,11,13-14,17,21,23-26H,5-6H2/t11-,13-,14-,17-/m1/s1. The van der Waals surface area contributed by atoms with Crippen LogP contribution in [0.1, 0.15) is 11.8 Å². The summed E-state index contributed by atoms with van der Waals surface area (Å²) in [4.78, 5) is 12.9. The van der Waals surface area contributed by atoms with Crippen molar-refractivity contribution >= 4 is 28.6 Å². The number of nitrogens with zero attached hydrogens (tertiary/aromatic N) is 4. The lowest BCUT2D eigenvalue weighted by atomic mass is 10.1. The maximum absolute atomic E-state index is 10.2. The number of anilines is 1. The van der Waals surface area contributed by atoms with Gasteiger partial charge in [-0.05, 0) is 17.7 Å². The third-order valence-corrected chi connectivity index (χ3v) is 5.62. The van der Waals surface area contributed by atoms with Crippen molar-refractivity contribution in [2.75, 3.05) is 12.1 Å². The van der Waals surface area contributed by atoms with Crippen molar-refractivity contribution in [3.63, 3.8) is 0 Å². The fraction of sp³-hybridized carbons (Fsp3) is 0.353. The minimum Gasteiger partial charge on any atom is -0.394 e. The summed E-state index contributed by atoms with van der Waals surface area (Å²) in [6, 6.07) is 7.31.